The molecule has 0 amide bonds. The molecule has 0 radical (unpaired) electrons. The maximum Gasteiger partial charge on any atom is 0.0637 e. The Balaban J connectivity index is 1.97. The predicted octanol–water partition coefficient (Wildman–Crippen LogP) is 0.411. The van der Waals surface area contributed by atoms with Gasteiger partial charge in [0.05, 0.1) is 13.2 Å². The van der Waals surface area contributed by atoms with E-state index in [0.717, 1.165) is 25.8 Å². The third kappa shape index (κ3) is 1.87. The van der Waals surface area contributed by atoms with Crippen LogP contribution in [0.4, 0.5) is 0 Å². The van der Waals surface area contributed by atoms with Crippen molar-refractivity contribution in [3.05, 3.63) is 0 Å². The Morgan fingerprint density at radius 3 is 2.46 bits per heavy atom. The van der Waals surface area contributed by atoms with Crippen molar-refractivity contribution in [1.29, 1.82) is 0 Å². The molecule has 0 aromatic rings. The van der Waals surface area contributed by atoms with E-state index in [0.29, 0.717) is 6.04 Å². The first-order valence-corrected chi connectivity index (χ1v) is 5.27. The highest BCUT2D eigenvalue weighted by molar-refractivity contribution is 4.89. The molecule has 3 heteroatoms. The molecule has 2 aliphatic rings. The number of likely N-dealkylation sites (tertiary alicyclic amines) is 1. The van der Waals surface area contributed by atoms with Crippen LogP contribution in [-0.4, -0.2) is 62.3 Å². The summed E-state index contributed by atoms with van der Waals surface area (Å²) in [6.45, 7) is 4.18. The zero-order valence-electron chi connectivity index (χ0n) is 8.70. The van der Waals surface area contributed by atoms with Crippen molar-refractivity contribution in [3.63, 3.8) is 0 Å². The maximum absolute atomic E-state index is 5.54. The van der Waals surface area contributed by atoms with Gasteiger partial charge in [0.15, 0.2) is 0 Å². The van der Waals surface area contributed by atoms with Crippen LogP contribution < -0.4 is 0 Å². The summed E-state index contributed by atoms with van der Waals surface area (Å²) in [6, 6.07) is 1.35. The van der Waals surface area contributed by atoms with Crippen LogP contribution in [0, 0.1) is 0 Å². The molecule has 76 valence electrons. The molecule has 3 nitrogen and oxygen atoms in total. The summed E-state index contributed by atoms with van der Waals surface area (Å²) in [7, 11) is 4.46. The SMILES string of the molecule is CN1CCCC1C1COCCN1C. The van der Waals surface area contributed by atoms with E-state index in [1.165, 1.54) is 19.4 Å². The van der Waals surface area contributed by atoms with E-state index in [9.17, 15) is 0 Å². The number of hydrogen-bond donors (Lipinski definition) is 0. The van der Waals surface area contributed by atoms with Gasteiger partial charge < -0.3 is 9.64 Å². The number of morpholine rings is 1. The molecule has 0 bridgehead atoms. The second-order valence-electron chi connectivity index (χ2n) is 4.31. The fourth-order valence-corrected chi connectivity index (χ4v) is 2.53. The van der Waals surface area contributed by atoms with Crippen LogP contribution in [0.2, 0.25) is 0 Å². The van der Waals surface area contributed by atoms with Gasteiger partial charge in [-0.1, -0.05) is 0 Å². The van der Waals surface area contributed by atoms with E-state index < -0.39 is 0 Å². The molecule has 0 aromatic carbocycles. The Morgan fingerprint density at radius 2 is 1.85 bits per heavy atom. The van der Waals surface area contributed by atoms with E-state index in [4.69, 9.17) is 4.74 Å². The normalized spacial score (nSPS) is 38.3. The quantitative estimate of drug-likeness (QED) is 0.587. The number of likely N-dealkylation sites (N-methyl/N-ethyl adjacent to an activating group) is 2. The van der Waals surface area contributed by atoms with Crippen LogP contribution in [0.5, 0.6) is 0 Å². The van der Waals surface area contributed by atoms with Gasteiger partial charge in [-0.25, -0.2) is 0 Å². The molecule has 2 atom stereocenters. The minimum atomic E-state index is 0.626. The lowest BCUT2D eigenvalue weighted by Gasteiger charge is -2.38. The summed E-state index contributed by atoms with van der Waals surface area (Å²) in [4.78, 5) is 4.94. The van der Waals surface area contributed by atoms with E-state index in [-0.39, 0.29) is 0 Å². The smallest absolute Gasteiger partial charge is 0.0637 e. The second-order valence-corrected chi connectivity index (χ2v) is 4.31. The van der Waals surface area contributed by atoms with Gasteiger partial charge in [0.2, 0.25) is 0 Å². The number of hydrogen-bond acceptors (Lipinski definition) is 3. The van der Waals surface area contributed by atoms with Gasteiger partial charge in [0.25, 0.3) is 0 Å². The molecule has 0 aliphatic carbocycles. The largest absolute Gasteiger partial charge is 0.378 e. The molecule has 2 fully saturated rings. The molecule has 2 rings (SSSR count). The highest BCUT2D eigenvalue weighted by Crippen LogP contribution is 2.22. The van der Waals surface area contributed by atoms with Crippen LogP contribution >= 0.6 is 0 Å². The van der Waals surface area contributed by atoms with Crippen molar-refractivity contribution in [1.82, 2.24) is 9.80 Å². The fourth-order valence-electron chi connectivity index (χ4n) is 2.53. The molecule has 13 heavy (non-hydrogen) atoms. The molecule has 0 N–H and O–H groups in total. The van der Waals surface area contributed by atoms with Gasteiger partial charge in [-0.05, 0) is 33.5 Å². The van der Waals surface area contributed by atoms with E-state index in [1.807, 2.05) is 0 Å². The Bertz CT molecular complexity index is 174. The summed E-state index contributed by atoms with van der Waals surface area (Å²) < 4.78 is 5.54. The van der Waals surface area contributed by atoms with Crippen molar-refractivity contribution in [2.75, 3.05) is 40.4 Å². The van der Waals surface area contributed by atoms with Gasteiger partial charge in [0.1, 0.15) is 0 Å². The summed E-state index contributed by atoms with van der Waals surface area (Å²) in [5.74, 6) is 0. The zero-order valence-corrected chi connectivity index (χ0v) is 8.70. The van der Waals surface area contributed by atoms with Crippen molar-refractivity contribution < 1.29 is 4.74 Å². The summed E-state index contributed by atoms with van der Waals surface area (Å²) in [5, 5.41) is 0. The standard InChI is InChI=1S/C10H20N2O/c1-11-5-3-4-9(11)10-8-13-7-6-12(10)2/h9-10H,3-8H2,1-2H3. The molecular formula is C10H20N2O. The first-order valence-electron chi connectivity index (χ1n) is 5.27. The molecule has 0 aromatic heterocycles. The van der Waals surface area contributed by atoms with E-state index in [2.05, 4.69) is 23.9 Å². The molecular weight excluding hydrogens is 164 g/mol. The number of rotatable bonds is 1. The maximum atomic E-state index is 5.54. The highest BCUT2D eigenvalue weighted by Gasteiger charge is 2.33. The molecule has 2 saturated heterocycles. The molecule has 2 aliphatic heterocycles. The predicted molar refractivity (Wildman–Crippen MR) is 52.9 cm³/mol. The van der Waals surface area contributed by atoms with Crippen molar-refractivity contribution in [3.8, 4) is 0 Å². The molecule has 0 spiro atoms. The van der Waals surface area contributed by atoms with Gasteiger partial charge >= 0.3 is 0 Å². The van der Waals surface area contributed by atoms with Crippen LogP contribution in [0.3, 0.4) is 0 Å². The van der Waals surface area contributed by atoms with Crippen LogP contribution in [-0.2, 0) is 4.74 Å². The van der Waals surface area contributed by atoms with Gasteiger partial charge in [-0.3, -0.25) is 4.90 Å². The van der Waals surface area contributed by atoms with Crippen LogP contribution in [0.1, 0.15) is 12.8 Å². The number of ether oxygens (including phenoxy) is 1. The first kappa shape index (κ1) is 9.44. The van der Waals surface area contributed by atoms with Crippen molar-refractivity contribution in [2.45, 2.75) is 24.9 Å². The van der Waals surface area contributed by atoms with Gasteiger partial charge in [-0.15, -0.1) is 0 Å². The topological polar surface area (TPSA) is 15.7 Å². The van der Waals surface area contributed by atoms with Crippen molar-refractivity contribution >= 4 is 0 Å². The van der Waals surface area contributed by atoms with Gasteiger partial charge in [0, 0.05) is 18.6 Å². The van der Waals surface area contributed by atoms with E-state index in [1.54, 1.807) is 0 Å². The lowest BCUT2D eigenvalue weighted by atomic mass is 10.0. The average Bonchev–Trinajstić information content (AvgIpc) is 2.52. The third-order valence-electron chi connectivity index (χ3n) is 3.46. The van der Waals surface area contributed by atoms with Crippen LogP contribution in [0.25, 0.3) is 0 Å². The molecule has 2 heterocycles. The average molecular weight is 184 g/mol. The van der Waals surface area contributed by atoms with Crippen molar-refractivity contribution in [2.24, 2.45) is 0 Å². The lowest BCUT2D eigenvalue weighted by Crippen LogP contribution is -2.52. The highest BCUT2D eigenvalue weighted by atomic mass is 16.5. The Kier molecular flexibility index (Phi) is 2.86. The summed E-state index contributed by atoms with van der Waals surface area (Å²) in [5.41, 5.74) is 0. The zero-order chi connectivity index (χ0) is 9.26. The number of nitrogens with zero attached hydrogens (tertiary/aromatic N) is 2. The molecule has 2 unspecified atom stereocenters. The first-order chi connectivity index (χ1) is 6.29. The second kappa shape index (κ2) is 3.95. The summed E-state index contributed by atoms with van der Waals surface area (Å²) in [6.07, 6.45) is 2.69. The van der Waals surface area contributed by atoms with Crippen LogP contribution in [0.15, 0.2) is 0 Å². The Hall–Kier alpha value is -0.120. The van der Waals surface area contributed by atoms with E-state index >= 15 is 0 Å². The third-order valence-corrected chi connectivity index (χ3v) is 3.46. The fraction of sp³-hybridized carbons (Fsp3) is 1.00. The molecule has 0 saturated carbocycles. The minimum Gasteiger partial charge on any atom is -0.378 e. The monoisotopic (exact) mass is 184 g/mol. The summed E-state index contributed by atoms with van der Waals surface area (Å²) >= 11 is 0. The minimum absolute atomic E-state index is 0.626. The van der Waals surface area contributed by atoms with Gasteiger partial charge in [-0.2, -0.15) is 0 Å². The Morgan fingerprint density at radius 1 is 1.08 bits per heavy atom. The lowest BCUT2D eigenvalue weighted by molar-refractivity contribution is -0.0208. The Labute approximate surface area is 80.6 Å².